The van der Waals surface area contributed by atoms with Crippen LogP contribution in [0.5, 0.6) is 0 Å². The van der Waals surface area contributed by atoms with E-state index < -0.39 is 29.6 Å². The zero-order valence-corrected chi connectivity index (χ0v) is 13.8. The molecule has 0 unspecified atom stereocenters. The summed E-state index contributed by atoms with van der Waals surface area (Å²) in [5.74, 6) is -3.01. The molecule has 2 atom stereocenters. The molecule has 0 radical (unpaired) electrons. The van der Waals surface area contributed by atoms with E-state index >= 15 is 0 Å². The lowest BCUT2D eigenvalue weighted by Crippen LogP contribution is -2.47. The number of amides is 2. The van der Waals surface area contributed by atoms with Crippen molar-refractivity contribution in [2.45, 2.75) is 32.6 Å². The summed E-state index contributed by atoms with van der Waals surface area (Å²) in [4.78, 5) is 35.5. The number of carboxylic acid groups (broad SMARTS) is 1. The van der Waals surface area contributed by atoms with E-state index in [0.29, 0.717) is 24.3 Å². The normalized spacial score (nSPS) is 19.8. The van der Waals surface area contributed by atoms with Crippen LogP contribution in [-0.2, 0) is 9.59 Å². The third kappa shape index (κ3) is 4.22. The van der Waals surface area contributed by atoms with E-state index in [9.17, 15) is 19.5 Å². The third-order valence-electron chi connectivity index (χ3n) is 4.23. The highest BCUT2D eigenvalue weighted by Crippen LogP contribution is 2.25. The highest BCUT2D eigenvalue weighted by molar-refractivity contribution is 5.96. The van der Waals surface area contributed by atoms with Gasteiger partial charge in [0.1, 0.15) is 0 Å². The van der Waals surface area contributed by atoms with E-state index in [1.807, 2.05) is 12.1 Å². The molecule has 1 aromatic rings. The molecule has 6 heteroatoms. The van der Waals surface area contributed by atoms with Gasteiger partial charge in [-0.3, -0.25) is 25.2 Å². The molecule has 0 fully saturated rings. The van der Waals surface area contributed by atoms with Crippen LogP contribution < -0.4 is 10.9 Å². The molecule has 3 N–H and O–H groups in total. The van der Waals surface area contributed by atoms with Crippen LogP contribution >= 0.6 is 0 Å². The van der Waals surface area contributed by atoms with Gasteiger partial charge in [-0.25, -0.2) is 0 Å². The minimum atomic E-state index is -1.00. The van der Waals surface area contributed by atoms with Crippen molar-refractivity contribution >= 4 is 17.8 Å². The minimum Gasteiger partial charge on any atom is -0.481 e. The first-order chi connectivity index (χ1) is 11.4. The Morgan fingerprint density at radius 1 is 1.00 bits per heavy atom. The van der Waals surface area contributed by atoms with E-state index in [1.54, 1.807) is 24.3 Å². The number of nitrogens with one attached hydrogen (secondary N) is 2. The largest absolute Gasteiger partial charge is 0.481 e. The highest BCUT2D eigenvalue weighted by Gasteiger charge is 2.34. The topological polar surface area (TPSA) is 95.5 Å². The lowest BCUT2D eigenvalue weighted by Gasteiger charge is -2.24. The van der Waals surface area contributed by atoms with Crippen molar-refractivity contribution in [2.75, 3.05) is 0 Å². The number of allylic oxidation sites excluding steroid dienone is 2. The van der Waals surface area contributed by atoms with Crippen molar-refractivity contribution < 1.29 is 19.5 Å². The number of hydrogen-bond acceptors (Lipinski definition) is 3. The van der Waals surface area contributed by atoms with E-state index in [2.05, 4.69) is 24.7 Å². The molecule has 6 nitrogen and oxygen atoms in total. The predicted octanol–water partition coefficient (Wildman–Crippen LogP) is 2.24. The van der Waals surface area contributed by atoms with Crippen LogP contribution in [-0.4, -0.2) is 22.9 Å². The van der Waals surface area contributed by atoms with Crippen LogP contribution in [0.15, 0.2) is 36.4 Å². The number of hydrogen-bond donors (Lipinski definition) is 3. The first-order valence-electron chi connectivity index (χ1n) is 7.98. The zero-order valence-electron chi connectivity index (χ0n) is 13.8. The molecule has 24 heavy (non-hydrogen) atoms. The molecule has 0 saturated carbocycles. The predicted molar refractivity (Wildman–Crippen MR) is 89.1 cm³/mol. The Balaban J connectivity index is 1.94. The Hall–Kier alpha value is -2.63. The molecule has 1 aliphatic carbocycles. The fourth-order valence-corrected chi connectivity index (χ4v) is 2.68. The molecular weight excluding hydrogens is 308 g/mol. The van der Waals surface area contributed by atoms with Gasteiger partial charge in [0, 0.05) is 5.56 Å². The summed E-state index contributed by atoms with van der Waals surface area (Å²) in [6.45, 7) is 4.12. The summed E-state index contributed by atoms with van der Waals surface area (Å²) >= 11 is 0. The van der Waals surface area contributed by atoms with E-state index in [1.165, 1.54) is 0 Å². The fourth-order valence-electron chi connectivity index (χ4n) is 2.68. The van der Waals surface area contributed by atoms with Crippen molar-refractivity contribution in [1.29, 1.82) is 0 Å². The summed E-state index contributed by atoms with van der Waals surface area (Å²) < 4.78 is 0. The number of rotatable bonds is 4. The summed E-state index contributed by atoms with van der Waals surface area (Å²) in [5, 5.41) is 9.18. The number of hydrazine groups is 1. The van der Waals surface area contributed by atoms with Crippen molar-refractivity contribution in [3.05, 3.63) is 47.5 Å². The van der Waals surface area contributed by atoms with Gasteiger partial charge < -0.3 is 5.11 Å². The third-order valence-corrected chi connectivity index (χ3v) is 4.23. The minimum absolute atomic E-state index is 0.317. The van der Waals surface area contributed by atoms with Crippen molar-refractivity contribution in [1.82, 2.24) is 10.9 Å². The van der Waals surface area contributed by atoms with Crippen molar-refractivity contribution in [3.63, 3.8) is 0 Å². The number of carbonyl (C=O) groups is 3. The Bertz CT molecular complexity index is 649. The molecule has 0 aliphatic heterocycles. The molecule has 2 rings (SSSR count). The second-order valence-electron chi connectivity index (χ2n) is 6.21. The second kappa shape index (κ2) is 7.77. The van der Waals surface area contributed by atoms with Crippen molar-refractivity contribution in [3.8, 4) is 0 Å². The first-order valence-corrected chi connectivity index (χ1v) is 7.98. The van der Waals surface area contributed by atoms with Gasteiger partial charge in [-0.1, -0.05) is 38.1 Å². The maximum absolute atomic E-state index is 12.2. The van der Waals surface area contributed by atoms with Crippen LogP contribution in [0.4, 0.5) is 0 Å². The highest BCUT2D eigenvalue weighted by atomic mass is 16.4. The molecule has 0 heterocycles. The quantitative estimate of drug-likeness (QED) is 0.583. The number of carboxylic acids is 1. The molecule has 0 saturated heterocycles. The summed E-state index contributed by atoms with van der Waals surface area (Å²) in [7, 11) is 0. The summed E-state index contributed by atoms with van der Waals surface area (Å²) in [6.07, 6.45) is 4.22. The molecule has 0 aromatic heterocycles. The van der Waals surface area contributed by atoms with Crippen LogP contribution in [0, 0.1) is 11.8 Å². The lowest BCUT2D eigenvalue weighted by molar-refractivity contribution is -0.147. The maximum Gasteiger partial charge on any atom is 0.307 e. The van der Waals surface area contributed by atoms with Crippen molar-refractivity contribution in [2.24, 2.45) is 11.8 Å². The molecule has 2 amide bonds. The van der Waals surface area contributed by atoms with E-state index in [0.717, 1.165) is 5.56 Å². The van der Waals surface area contributed by atoms with E-state index in [4.69, 9.17) is 0 Å². The average molecular weight is 330 g/mol. The Morgan fingerprint density at radius 3 is 2.12 bits per heavy atom. The lowest BCUT2D eigenvalue weighted by atomic mass is 9.82. The van der Waals surface area contributed by atoms with Crippen LogP contribution in [0.3, 0.4) is 0 Å². The molecule has 0 bridgehead atoms. The monoisotopic (exact) mass is 330 g/mol. The Kier molecular flexibility index (Phi) is 5.73. The smallest absolute Gasteiger partial charge is 0.307 e. The Labute approximate surface area is 140 Å². The van der Waals surface area contributed by atoms with Gasteiger partial charge in [0.25, 0.3) is 5.91 Å². The van der Waals surface area contributed by atoms with Crippen LogP contribution in [0.25, 0.3) is 0 Å². The van der Waals surface area contributed by atoms with Gasteiger partial charge in [-0.15, -0.1) is 0 Å². The molecule has 0 spiro atoms. The molecular formula is C18H22N2O4. The fraction of sp³-hybridized carbons (Fsp3) is 0.389. The number of benzene rings is 1. The number of aliphatic carboxylic acids is 1. The summed E-state index contributed by atoms with van der Waals surface area (Å²) in [6, 6.07) is 7.13. The van der Waals surface area contributed by atoms with Crippen LogP contribution in [0.2, 0.25) is 0 Å². The number of carbonyl (C=O) groups excluding carboxylic acids is 2. The van der Waals surface area contributed by atoms with Gasteiger partial charge in [0.2, 0.25) is 5.91 Å². The van der Waals surface area contributed by atoms with Gasteiger partial charge in [-0.05, 0) is 36.5 Å². The molecule has 1 aliphatic rings. The average Bonchev–Trinajstić information content (AvgIpc) is 2.59. The van der Waals surface area contributed by atoms with E-state index in [-0.39, 0.29) is 0 Å². The van der Waals surface area contributed by atoms with Gasteiger partial charge >= 0.3 is 5.97 Å². The molecule has 1 aromatic carbocycles. The maximum atomic E-state index is 12.2. The summed E-state index contributed by atoms with van der Waals surface area (Å²) in [5.41, 5.74) is 6.23. The van der Waals surface area contributed by atoms with Gasteiger partial charge in [0.15, 0.2) is 0 Å². The van der Waals surface area contributed by atoms with Crippen LogP contribution in [0.1, 0.15) is 48.5 Å². The SMILES string of the molecule is CC(C)c1ccc(C(=O)NNC(=O)[C@H]2CC=CC[C@H]2C(=O)O)cc1. The first kappa shape index (κ1) is 17.7. The van der Waals surface area contributed by atoms with Gasteiger partial charge in [0.05, 0.1) is 11.8 Å². The Morgan fingerprint density at radius 2 is 1.58 bits per heavy atom. The second-order valence-corrected chi connectivity index (χ2v) is 6.21. The zero-order chi connectivity index (χ0) is 17.7. The van der Waals surface area contributed by atoms with Gasteiger partial charge in [-0.2, -0.15) is 0 Å². The molecule has 128 valence electrons. The standard InChI is InChI=1S/C18H22N2O4/c1-11(2)12-7-9-13(10-8-12)16(21)19-20-17(22)14-5-3-4-6-15(14)18(23)24/h3-4,7-11,14-15H,5-6H2,1-2H3,(H,19,21)(H,20,22)(H,23,24)/t14-,15+/m0/s1.